The van der Waals surface area contributed by atoms with Gasteiger partial charge in [0.2, 0.25) is 5.91 Å². The van der Waals surface area contributed by atoms with Crippen molar-refractivity contribution in [2.75, 3.05) is 11.9 Å². The number of ketones is 1. The monoisotopic (exact) mass is 409 g/mol. The summed E-state index contributed by atoms with van der Waals surface area (Å²) in [6.07, 6.45) is 0.248. The fraction of sp³-hybridized carbons (Fsp3) is 0.273. The van der Waals surface area contributed by atoms with Crippen LogP contribution in [0.15, 0.2) is 42.5 Å². The predicted molar refractivity (Wildman–Crippen MR) is 106 cm³/mol. The number of carbonyl (C=O) groups excluding carboxylic acids is 4. The summed E-state index contributed by atoms with van der Waals surface area (Å²) in [6.45, 7) is 3.05. The predicted octanol–water partition coefficient (Wildman–Crippen LogP) is 2.92. The van der Waals surface area contributed by atoms with Crippen molar-refractivity contribution >= 4 is 29.3 Å². The number of fused-ring (bicyclic) bond motifs is 1. The van der Waals surface area contributed by atoms with Crippen LogP contribution in [0.4, 0.5) is 14.9 Å². The molecular formula is C22H20FN3O4. The number of carbonyl (C=O) groups is 4. The number of amides is 4. The highest BCUT2D eigenvalue weighted by molar-refractivity contribution is 6.12. The maximum atomic E-state index is 13.3. The smallest absolute Gasteiger partial charge is 0.325 e. The van der Waals surface area contributed by atoms with Crippen LogP contribution in [0.25, 0.3) is 0 Å². The number of urea groups is 1. The Hall–Kier alpha value is -3.55. The largest absolute Gasteiger partial charge is 0.325 e. The molecule has 2 aliphatic rings. The van der Waals surface area contributed by atoms with E-state index in [9.17, 15) is 23.6 Å². The van der Waals surface area contributed by atoms with Gasteiger partial charge in [-0.05, 0) is 54.8 Å². The number of Topliss-reactive ketones (excluding diaryl/α,β-unsaturated/α-hetero) is 1. The van der Waals surface area contributed by atoms with E-state index in [0.717, 1.165) is 4.90 Å². The van der Waals surface area contributed by atoms with Gasteiger partial charge in [-0.1, -0.05) is 19.1 Å². The van der Waals surface area contributed by atoms with Crippen molar-refractivity contribution in [1.29, 1.82) is 0 Å². The topological polar surface area (TPSA) is 95.6 Å². The number of hydrogen-bond acceptors (Lipinski definition) is 4. The van der Waals surface area contributed by atoms with Crippen LogP contribution in [0.3, 0.4) is 0 Å². The second-order valence-corrected chi connectivity index (χ2v) is 7.52. The first-order valence-corrected chi connectivity index (χ1v) is 9.65. The standard InChI is InChI=1S/C22H20FN3O4/c1-3-22(14-5-7-15(23)8-6-14)20(29)26(21(30)25-22)11-18(27)13-4-9-17-16(10-13)12(2)19(28)24-17/h4-10,12H,3,11H2,1-2H3,(H,24,28)(H,25,30)/t12-,22-/m1/s1. The van der Waals surface area contributed by atoms with Gasteiger partial charge in [0.25, 0.3) is 5.91 Å². The van der Waals surface area contributed by atoms with Gasteiger partial charge >= 0.3 is 6.03 Å². The average molecular weight is 409 g/mol. The zero-order valence-corrected chi connectivity index (χ0v) is 16.5. The van der Waals surface area contributed by atoms with Crippen molar-refractivity contribution in [3.63, 3.8) is 0 Å². The van der Waals surface area contributed by atoms with Crippen LogP contribution in [0.2, 0.25) is 0 Å². The molecule has 2 N–H and O–H groups in total. The molecule has 1 fully saturated rings. The first-order chi connectivity index (χ1) is 14.3. The lowest BCUT2D eigenvalue weighted by Crippen LogP contribution is -2.43. The summed E-state index contributed by atoms with van der Waals surface area (Å²) in [4.78, 5) is 51.2. The third kappa shape index (κ3) is 2.96. The molecule has 0 unspecified atom stereocenters. The minimum atomic E-state index is -1.34. The van der Waals surface area contributed by atoms with E-state index in [1.165, 1.54) is 24.3 Å². The van der Waals surface area contributed by atoms with Crippen molar-refractivity contribution in [3.8, 4) is 0 Å². The molecule has 0 spiro atoms. The highest BCUT2D eigenvalue weighted by Crippen LogP contribution is 2.34. The highest BCUT2D eigenvalue weighted by Gasteiger charge is 2.51. The number of anilines is 1. The average Bonchev–Trinajstić information content (AvgIpc) is 3.16. The molecule has 0 bridgehead atoms. The number of benzene rings is 2. The van der Waals surface area contributed by atoms with Gasteiger partial charge in [-0.3, -0.25) is 19.3 Å². The molecule has 2 aromatic rings. The number of rotatable bonds is 5. The van der Waals surface area contributed by atoms with Gasteiger partial charge in [-0.2, -0.15) is 0 Å². The molecule has 30 heavy (non-hydrogen) atoms. The highest BCUT2D eigenvalue weighted by atomic mass is 19.1. The van der Waals surface area contributed by atoms with Crippen LogP contribution in [0.5, 0.6) is 0 Å². The van der Waals surface area contributed by atoms with Gasteiger partial charge in [-0.15, -0.1) is 0 Å². The van der Waals surface area contributed by atoms with E-state index in [1.807, 2.05) is 0 Å². The van der Waals surface area contributed by atoms with Gasteiger partial charge in [0.1, 0.15) is 11.4 Å². The van der Waals surface area contributed by atoms with Crippen LogP contribution in [-0.4, -0.2) is 35.1 Å². The van der Waals surface area contributed by atoms with Crippen molar-refractivity contribution in [2.24, 2.45) is 0 Å². The summed E-state index contributed by atoms with van der Waals surface area (Å²) < 4.78 is 13.3. The first-order valence-electron chi connectivity index (χ1n) is 9.65. The van der Waals surface area contributed by atoms with Crippen LogP contribution < -0.4 is 10.6 Å². The summed E-state index contributed by atoms with van der Waals surface area (Å²) in [5.41, 5.74) is 0.787. The fourth-order valence-corrected chi connectivity index (χ4v) is 3.97. The van der Waals surface area contributed by atoms with E-state index >= 15 is 0 Å². The Bertz CT molecular complexity index is 1080. The Kier molecular flexibility index (Phi) is 4.64. The molecule has 8 heteroatoms. The van der Waals surface area contributed by atoms with E-state index in [1.54, 1.807) is 32.0 Å². The van der Waals surface area contributed by atoms with E-state index in [-0.39, 0.29) is 18.2 Å². The summed E-state index contributed by atoms with van der Waals surface area (Å²) >= 11 is 0. The van der Waals surface area contributed by atoms with Crippen molar-refractivity contribution in [1.82, 2.24) is 10.2 Å². The quantitative estimate of drug-likeness (QED) is 0.586. The zero-order chi connectivity index (χ0) is 21.6. The van der Waals surface area contributed by atoms with E-state index in [4.69, 9.17) is 0 Å². The van der Waals surface area contributed by atoms with E-state index in [0.29, 0.717) is 22.4 Å². The number of halogens is 1. The first kappa shape index (κ1) is 19.8. The summed E-state index contributed by atoms with van der Waals surface area (Å²) in [5, 5.41) is 5.41. The van der Waals surface area contributed by atoms with Crippen molar-refractivity contribution in [3.05, 3.63) is 65.0 Å². The molecule has 1 saturated heterocycles. The summed E-state index contributed by atoms with van der Waals surface area (Å²) in [7, 11) is 0. The number of nitrogens with zero attached hydrogens (tertiary/aromatic N) is 1. The third-order valence-electron chi connectivity index (χ3n) is 5.84. The lowest BCUT2D eigenvalue weighted by atomic mass is 9.87. The Balaban J connectivity index is 1.59. The number of imide groups is 1. The molecule has 154 valence electrons. The molecule has 0 radical (unpaired) electrons. The minimum Gasteiger partial charge on any atom is -0.325 e. The zero-order valence-electron chi connectivity index (χ0n) is 16.5. The molecule has 2 aromatic carbocycles. The molecule has 4 amide bonds. The van der Waals surface area contributed by atoms with E-state index < -0.39 is 35.6 Å². The van der Waals surface area contributed by atoms with Crippen LogP contribution >= 0.6 is 0 Å². The Morgan fingerprint density at radius 3 is 2.50 bits per heavy atom. The molecule has 2 heterocycles. The maximum Gasteiger partial charge on any atom is 0.325 e. The maximum absolute atomic E-state index is 13.3. The Morgan fingerprint density at radius 2 is 1.83 bits per heavy atom. The van der Waals surface area contributed by atoms with Gasteiger partial charge in [-0.25, -0.2) is 9.18 Å². The SMILES string of the molecule is CC[C@]1(c2ccc(F)cc2)NC(=O)N(CC(=O)c2ccc3c(c2)[C@@H](C)C(=O)N3)C1=O. The molecule has 7 nitrogen and oxygen atoms in total. The second-order valence-electron chi connectivity index (χ2n) is 7.52. The fourth-order valence-electron chi connectivity index (χ4n) is 3.97. The van der Waals surface area contributed by atoms with Crippen LogP contribution in [0, 0.1) is 5.82 Å². The lowest BCUT2D eigenvalue weighted by Gasteiger charge is -2.25. The Morgan fingerprint density at radius 1 is 1.13 bits per heavy atom. The molecule has 2 aliphatic heterocycles. The summed E-state index contributed by atoms with van der Waals surface area (Å²) in [6, 6.07) is 9.50. The number of nitrogens with one attached hydrogen (secondary N) is 2. The normalized spacial score (nSPS) is 22.7. The summed E-state index contributed by atoms with van der Waals surface area (Å²) in [5.74, 6) is -1.95. The van der Waals surface area contributed by atoms with Crippen molar-refractivity contribution < 1.29 is 23.6 Å². The molecule has 2 atom stereocenters. The molecule has 0 aliphatic carbocycles. The van der Waals surface area contributed by atoms with Gasteiger partial charge < -0.3 is 10.6 Å². The van der Waals surface area contributed by atoms with Gasteiger partial charge in [0.15, 0.2) is 5.78 Å². The number of hydrogen-bond donors (Lipinski definition) is 2. The molecular weight excluding hydrogens is 389 g/mol. The van der Waals surface area contributed by atoms with Gasteiger partial charge in [0.05, 0.1) is 12.5 Å². The molecule has 0 aromatic heterocycles. The minimum absolute atomic E-state index is 0.143. The van der Waals surface area contributed by atoms with Crippen LogP contribution in [0.1, 0.15) is 47.7 Å². The second kappa shape index (κ2) is 7.05. The lowest BCUT2D eigenvalue weighted by molar-refractivity contribution is -0.131. The third-order valence-corrected chi connectivity index (χ3v) is 5.84. The molecule has 4 rings (SSSR count). The Labute approximate surface area is 172 Å². The van der Waals surface area contributed by atoms with E-state index in [2.05, 4.69) is 10.6 Å². The van der Waals surface area contributed by atoms with Gasteiger partial charge in [0, 0.05) is 11.3 Å². The molecule has 0 saturated carbocycles. The van der Waals surface area contributed by atoms with Crippen LogP contribution in [-0.2, 0) is 15.1 Å². The van der Waals surface area contributed by atoms with Crippen molar-refractivity contribution in [2.45, 2.75) is 31.7 Å².